The predicted octanol–water partition coefficient (Wildman–Crippen LogP) is 2.72. The largest absolute Gasteiger partial charge is 0.496 e. The zero-order chi connectivity index (χ0) is 11.5. The molecule has 0 aromatic heterocycles. The molecule has 1 aromatic carbocycles. The van der Waals surface area contributed by atoms with Crippen LogP contribution in [0.2, 0.25) is 0 Å². The second-order valence-corrected chi connectivity index (χ2v) is 4.52. The van der Waals surface area contributed by atoms with Gasteiger partial charge in [0.2, 0.25) is 0 Å². The summed E-state index contributed by atoms with van der Waals surface area (Å²) in [6, 6.07) is 4.86. The maximum atomic E-state index is 13.5. The lowest BCUT2D eigenvalue weighted by Crippen LogP contribution is -2.35. The maximum absolute atomic E-state index is 13.5. The van der Waals surface area contributed by atoms with Crippen LogP contribution < -0.4 is 10.1 Å². The van der Waals surface area contributed by atoms with Crippen LogP contribution in [0.1, 0.15) is 26.3 Å². The minimum Gasteiger partial charge on any atom is -0.496 e. The van der Waals surface area contributed by atoms with Crippen molar-refractivity contribution in [2.45, 2.75) is 32.9 Å². The first kappa shape index (κ1) is 12.0. The summed E-state index contributed by atoms with van der Waals surface area (Å²) in [5, 5.41) is 3.23. The van der Waals surface area contributed by atoms with Crippen molar-refractivity contribution in [3.05, 3.63) is 29.6 Å². The number of ether oxygens (including phenoxy) is 1. The summed E-state index contributed by atoms with van der Waals surface area (Å²) in [6.07, 6.45) is 0. The van der Waals surface area contributed by atoms with E-state index in [-0.39, 0.29) is 11.4 Å². The van der Waals surface area contributed by atoms with Crippen LogP contribution in [0, 0.1) is 5.82 Å². The molecule has 84 valence electrons. The van der Waals surface area contributed by atoms with Gasteiger partial charge in [-0.3, -0.25) is 0 Å². The summed E-state index contributed by atoms with van der Waals surface area (Å²) in [6.45, 7) is 6.60. The molecule has 0 aliphatic carbocycles. The molecule has 0 heterocycles. The van der Waals surface area contributed by atoms with E-state index in [1.165, 1.54) is 6.07 Å². The standard InChI is InChI=1S/C12H18FNO/c1-12(2,3)14-8-9-10(13)6-5-7-11(9)15-4/h5-7,14H,8H2,1-4H3. The van der Waals surface area contributed by atoms with E-state index < -0.39 is 0 Å². The SMILES string of the molecule is COc1cccc(F)c1CNC(C)(C)C. The van der Waals surface area contributed by atoms with Gasteiger partial charge in [0, 0.05) is 17.6 Å². The van der Waals surface area contributed by atoms with Gasteiger partial charge in [0.15, 0.2) is 0 Å². The van der Waals surface area contributed by atoms with E-state index in [9.17, 15) is 4.39 Å². The predicted molar refractivity (Wildman–Crippen MR) is 59.5 cm³/mol. The lowest BCUT2D eigenvalue weighted by Gasteiger charge is -2.21. The average molecular weight is 211 g/mol. The van der Waals surface area contributed by atoms with Crippen molar-refractivity contribution < 1.29 is 9.13 Å². The molecule has 0 amide bonds. The highest BCUT2D eigenvalue weighted by molar-refractivity contribution is 5.34. The number of benzene rings is 1. The van der Waals surface area contributed by atoms with Crippen molar-refractivity contribution in [1.82, 2.24) is 5.32 Å². The monoisotopic (exact) mass is 211 g/mol. The van der Waals surface area contributed by atoms with Crippen molar-refractivity contribution in [1.29, 1.82) is 0 Å². The van der Waals surface area contributed by atoms with Gasteiger partial charge in [0.25, 0.3) is 0 Å². The smallest absolute Gasteiger partial charge is 0.131 e. The first-order chi connectivity index (χ1) is 6.94. The third-order valence-corrected chi connectivity index (χ3v) is 2.09. The Morgan fingerprint density at radius 2 is 2.00 bits per heavy atom. The lowest BCUT2D eigenvalue weighted by atomic mass is 10.1. The first-order valence-corrected chi connectivity index (χ1v) is 5.00. The van der Waals surface area contributed by atoms with Crippen LogP contribution >= 0.6 is 0 Å². The molecule has 0 aliphatic rings. The highest BCUT2D eigenvalue weighted by atomic mass is 19.1. The molecule has 1 rings (SSSR count). The van der Waals surface area contributed by atoms with E-state index in [0.29, 0.717) is 17.9 Å². The van der Waals surface area contributed by atoms with E-state index in [1.54, 1.807) is 19.2 Å². The molecule has 0 fully saturated rings. The normalized spacial score (nSPS) is 11.5. The molecule has 0 radical (unpaired) electrons. The number of hydrogen-bond donors (Lipinski definition) is 1. The van der Waals surface area contributed by atoms with E-state index in [1.807, 2.05) is 20.8 Å². The molecule has 2 nitrogen and oxygen atoms in total. The van der Waals surface area contributed by atoms with Crippen LogP contribution in [0.3, 0.4) is 0 Å². The van der Waals surface area contributed by atoms with Crippen molar-refractivity contribution >= 4 is 0 Å². The summed E-state index contributed by atoms with van der Waals surface area (Å²) >= 11 is 0. The van der Waals surface area contributed by atoms with E-state index in [2.05, 4.69) is 5.32 Å². The molecule has 0 atom stereocenters. The Morgan fingerprint density at radius 1 is 1.33 bits per heavy atom. The Bertz CT molecular complexity index is 331. The third-order valence-electron chi connectivity index (χ3n) is 2.09. The minimum absolute atomic E-state index is 0.0344. The Morgan fingerprint density at radius 3 is 2.53 bits per heavy atom. The van der Waals surface area contributed by atoms with Crippen molar-refractivity contribution in [2.75, 3.05) is 7.11 Å². The highest BCUT2D eigenvalue weighted by Crippen LogP contribution is 2.21. The molecule has 0 saturated heterocycles. The highest BCUT2D eigenvalue weighted by Gasteiger charge is 2.13. The van der Waals surface area contributed by atoms with E-state index in [0.717, 1.165) is 0 Å². The van der Waals surface area contributed by atoms with Crippen molar-refractivity contribution in [3.8, 4) is 5.75 Å². The van der Waals surface area contributed by atoms with Gasteiger partial charge in [-0.2, -0.15) is 0 Å². The number of nitrogens with one attached hydrogen (secondary N) is 1. The Kier molecular flexibility index (Phi) is 3.69. The van der Waals surface area contributed by atoms with Gasteiger partial charge < -0.3 is 10.1 Å². The summed E-state index contributed by atoms with van der Waals surface area (Å²) < 4.78 is 18.6. The summed E-state index contributed by atoms with van der Waals surface area (Å²) in [7, 11) is 1.55. The molecule has 1 N–H and O–H groups in total. The molecule has 0 unspecified atom stereocenters. The number of halogens is 1. The Labute approximate surface area is 90.4 Å². The van der Waals surface area contributed by atoms with Gasteiger partial charge >= 0.3 is 0 Å². The second kappa shape index (κ2) is 4.62. The fourth-order valence-electron chi connectivity index (χ4n) is 1.26. The summed E-state index contributed by atoms with van der Waals surface area (Å²) in [5.74, 6) is 0.359. The fraction of sp³-hybridized carbons (Fsp3) is 0.500. The summed E-state index contributed by atoms with van der Waals surface area (Å²) in [4.78, 5) is 0. The third kappa shape index (κ3) is 3.51. The maximum Gasteiger partial charge on any atom is 0.131 e. The topological polar surface area (TPSA) is 21.3 Å². The molecule has 0 aliphatic heterocycles. The van der Waals surface area contributed by atoms with Gasteiger partial charge in [-0.1, -0.05) is 6.07 Å². The van der Waals surface area contributed by atoms with Crippen molar-refractivity contribution in [3.63, 3.8) is 0 Å². The van der Waals surface area contributed by atoms with Crippen LogP contribution in [0.4, 0.5) is 4.39 Å². The van der Waals surface area contributed by atoms with E-state index in [4.69, 9.17) is 4.74 Å². The zero-order valence-corrected chi connectivity index (χ0v) is 9.73. The number of methoxy groups -OCH3 is 1. The number of hydrogen-bond acceptors (Lipinski definition) is 2. The van der Waals surface area contributed by atoms with Crippen molar-refractivity contribution in [2.24, 2.45) is 0 Å². The molecular formula is C12H18FNO. The van der Waals surface area contributed by atoms with Gasteiger partial charge in [-0.05, 0) is 32.9 Å². The minimum atomic E-state index is -0.230. The molecular weight excluding hydrogens is 193 g/mol. The van der Waals surface area contributed by atoms with Crippen LogP contribution in [0.5, 0.6) is 5.75 Å². The fourth-order valence-corrected chi connectivity index (χ4v) is 1.26. The first-order valence-electron chi connectivity index (χ1n) is 5.00. The Balaban J connectivity index is 2.83. The molecule has 0 saturated carbocycles. The van der Waals surface area contributed by atoms with E-state index >= 15 is 0 Å². The van der Waals surface area contributed by atoms with Crippen LogP contribution in [0.25, 0.3) is 0 Å². The van der Waals surface area contributed by atoms with Crippen LogP contribution in [-0.4, -0.2) is 12.6 Å². The zero-order valence-electron chi connectivity index (χ0n) is 9.73. The van der Waals surface area contributed by atoms with Gasteiger partial charge in [-0.15, -0.1) is 0 Å². The van der Waals surface area contributed by atoms with Crippen LogP contribution in [-0.2, 0) is 6.54 Å². The molecule has 3 heteroatoms. The molecule has 15 heavy (non-hydrogen) atoms. The average Bonchev–Trinajstić information content (AvgIpc) is 2.14. The lowest BCUT2D eigenvalue weighted by molar-refractivity contribution is 0.384. The molecule has 0 bridgehead atoms. The Hall–Kier alpha value is -1.09. The quantitative estimate of drug-likeness (QED) is 0.830. The molecule has 0 spiro atoms. The summed E-state index contributed by atoms with van der Waals surface area (Å²) in [5.41, 5.74) is 0.544. The van der Waals surface area contributed by atoms with Gasteiger partial charge in [0.05, 0.1) is 7.11 Å². The van der Waals surface area contributed by atoms with Gasteiger partial charge in [-0.25, -0.2) is 4.39 Å². The number of rotatable bonds is 3. The molecule has 1 aromatic rings. The van der Waals surface area contributed by atoms with Gasteiger partial charge in [0.1, 0.15) is 11.6 Å². The second-order valence-electron chi connectivity index (χ2n) is 4.52. The van der Waals surface area contributed by atoms with Crippen LogP contribution in [0.15, 0.2) is 18.2 Å².